The second kappa shape index (κ2) is 5.56. The van der Waals surface area contributed by atoms with E-state index >= 15 is 0 Å². The van der Waals surface area contributed by atoms with Crippen molar-refractivity contribution in [3.63, 3.8) is 0 Å². The quantitative estimate of drug-likeness (QED) is 0.737. The molecule has 1 aromatic heterocycles. The number of nitrogens with one attached hydrogen (secondary N) is 1. The molecule has 1 rings (SSSR count). The Balaban J connectivity index is 2.24. The van der Waals surface area contributed by atoms with Crippen LogP contribution < -0.4 is 11.1 Å². The maximum atomic E-state index is 10.8. The molecule has 0 radical (unpaired) electrons. The first-order valence-electron chi connectivity index (χ1n) is 5.17. The first kappa shape index (κ1) is 11.8. The van der Waals surface area contributed by atoms with E-state index in [2.05, 4.69) is 5.32 Å². The normalized spacial score (nSPS) is 14.8. The second-order valence-electron chi connectivity index (χ2n) is 3.81. The number of hydrogen-bond acceptors (Lipinski definition) is 3. The van der Waals surface area contributed by atoms with E-state index in [1.165, 1.54) is 0 Å². The third-order valence-corrected chi connectivity index (χ3v) is 2.37. The lowest BCUT2D eigenvalue weighted by atomic mass is 10.1. The van der Waals surface area contributed by atoms with Crippen LogP contribution >= 0.6 is 0 Å². The fourth-order valence-corrected chi connectivity index (χ4v) is 1.41. The Kier molecular flexibility index (Phi) is 4.37. The van der Waals surface area contributed by atoms with Gasteiger partial charge in [0.25, 0.3) is 0 Å². The highest BCUT2D eigenvalue weighted by molar-refractivity contribution is 5.79. The summed E-state index contributed by atoms with van der Waals surface area (Å²) < 4.78 is 5.22. The van der Waals surface area contributed by atoms with Crippen LogP contribution in [0.15, 0.2) is 22.8 Å². The van der Waals surface area contributed by atoms with Gasteiger partial charge in [-0.1, -0.05) is 0 Å². The zero-order valence-corrected chi connectivity index (χ0v) is 9.19. The molecule has 0 aromatic carbocycles. The lowest BCUT2D eigenvalue weighted by molar-refractivity contribution is -0.119. The zero-order chi connectivity index (χ0) is 11.3. The van der Waals surface area contributed by atoms with Crippen molar-refractivity contribution in [2.24, 2.45) is 5.73 Å². The topological polar surface area (TPSA) is 68.3 Å². The van der Waals surface area contributed by atoms with E-state index in [9.17, 15) is 4.79 Å². The molecule has 3 N–H and O–H groups in total. The van der Waals surface area contributed by atoms with Gasteiger partial charge in [-0.3, -0.25) is 4.79 Å². The van der Waals surface area contributed by atoms with E-state index in [-0.39, 0.29) is 18.0 Å². The number of furan rings is 1. The average Bonchev–Trinajstić information content (AvgIpc) is 2.66. The molecule has 0 saturated heterocycles. The first-order valence-corrected chi connectivity index (χ1v) is 5.17. The van der Waals surface area contributed by atoms with Gasteiger partial charge < -0.3 is 15.5 Å². The molecular formula is C11H18N2O2. The summed E-state index contributed by atoms with van der Waals surface area (Å²) in [5, 5.41) is 3.13. The smallest absolute Gasteiger partial charge is 0.234 e. The maximum Gasteiger partial charge on any atom is 0.234 e. The second-order valence-corrected chi connectivity index (χ2v) is 3.81. The Morgan fingerprint density at radius 2 is 2.33 bits per heavy atom. The highest BCUT2D eigenvalue weighted by atomic mass is 16.3. The van der Waals surface area contributed by atoms with Crippen molar-refractivity contribution in [2.45, 2.75) is 38.8 Å². The van der Waals surface area contributed by atoms with E-state index in [0.29, 0.717) is 0 Å². The SMILES string of the molecule is CC(CCc1ccco1)NC(C)C(N)=O. The number of nitrogens with two attached hydrogens (primary N) is 1. The Bertz CT molecular complexity index is 296. The Hall–Kier alpha value is -1.29. The van der Waals surface area contributed by atoms with Crippen LogP contribution in [0.4, 0.5) is 0 Å². The Morgan fingerprint density at radius 3 is 2.87 bits per heavy atom. The molecule has 4 nitrogen and oxygen atoms in total. The highest BCUT2D eigenvalue weighted by Crippen LogP contribution is 2.05. The molecule has 0 bridgehead atoms. The van der Waals surface area contributed by atoms with Crippen molar-refractivity contribution in [3.05, 3.63) is 24.2 Å². The number of rotatable bonds is 6. The summed E-state index contributed by atoms with van der Waals surface area (Å²) in [5.41, 5.74) is 5.16. The molecule has 1 heterocycles. The van der Waals surface area contributed by atoms with Crippen molar-refractivity contribution in [1.29, 1.82) is 0 Å². The lowest BCUT2D eigenvalue weighted by Crippen LogP contribution is -2.43. The summed E-state index contributed by atoms with van der Waals surface area (Å²) in [7, 11) is 0. The summed E-state index contributed by atoms with van der Waals surface area (Å²) >= 11 is 0. The van der Waals surface area contributed by atoms with Gasteiger partial charge in [0, 0.05) is 12.5 Å². The predicted octanol–water partition coefficient (Wildman–Crippen LogP) is 1.06. The summed E-state index contributed by atoms with van der Waals surface area (Å²) in [6.45, 7) is 3.80. The number of aryl methyl sites for hydroxylation is 1. The fraction of sp³-hybridized carbons (Fsp3) is 0.545. The molecule has 0 aliphatic rings. The van der Waals surface area contributed by atoms with Gasteiger partial charge in [-0.2, -0.15) is 0 Å². The standard InChI is InChI=1S/C11H18N2O2/c1-8(13-9(2)11(12)14)5-6-10-4-3-7-15-10/h3-4,7-9,13H,5-6H2,1-2H3,(H2,12,14). The number of amides is 1. The molecule has 1 amide bonds. The third-order valence-electron chi connectivity index (χ3n) is 2.37. The third kappa shape index (κ3) is 4.16. The van der Waals surface area contributed by atoms with Crippen LogP contribution in [0.5, 0.6) is 0 Å². The van der Waals surface area contributed by atoms with Crippen LogP contribution in [0.25, 0.3) is 0 Å². The largest absolute Gasteiger partial charge is 0.469 e. The highest BCUT2D eigenvalue weighted by Gasteiger charge is 2.11. The van der Waals surface area contributed by atoms with E-state index in [0.717, 1.165) is 18.6 Å². The molecule has 84 valence electrons. The molecular weight excluding hydrogens is 192 g/mol. The summed E-state index contributed by atoms with van der Waals surface area (Å²) in [5.74, 6) is 0.648. The number of hydrogen-bond donors (Lipinski definition) is 2. The van der Waals surface area contributed by atoms with Crippen LogP contribution in [-0.4, -0.2) is 18.0 Å². The van der Waals surface area contributed by atoms with Crippen LogP contribution in [0.3, 0.4) is 0 Å². The van der Waals surface area contributed by atoms with Gasteiger partial charge in [-0.05, 0) is 32.4 Å². The van der Waals surface area contributed by atoms with Crippen LogP contribution in [-0.2, 0) is 11.2 Å². The monoisotopic (exact) mass is 210 g/mol. The van der Waals surface area contributed by atoms with Gasteiger partial charge in [0.05, 0.1) is 12.3 Å². The minimum absolute atomic E-state index is 0.248. The van der Waals surface area contributed by atoms with E-state index in [1.807, 2.05) is 19.1 Å². The summed E-state index contributed by atoms with van der Waals surface area (Å²) in [6.07, 6.45) is 3.46. The minimum atomic E-state index is -0.320. The van der Waals surface area contributed by atoms with Gasteiger partial charge in [0.1, 0.15) is 5.76 Å². The molecule has 1 aromatic rings. The molecule has 15 heavy (non-hydrogen) atoms. The molecule has 0 aliphatic heterocycles. The van der Waals surface area contributed by atoms with E-state index in [4.69, 9.17) is 10.2 Å². The molecule has 2 unspecified atom stereocenters. The molecule has 4 heteroatoms. The van der Waals surface area contributed by atoms with Gasteiger partial charge in [0.15, 0.2) is 0 Å². The fourth-order valence-electron chi connectivity index (χ4n) is 1.41. The van der Waals surface area contributed by atoms with Crippen LogP contribution in [0, 0.1) is 0 Å². The Morgan fingerprint density at radius 1 is 1.60 bits per heavy atom. The van der Waals surface area contributed by atoms with Crippen LogP contribution in [0.2, 0.25) is 0 Å². The van der Waals surface area contributed by atoms with Crippen molar-refractivity contribution < 1.29 is 9.21 Å². The summed E-state index contributed by atoms with van der Waals surface area (Å²) in [6, 6.07) is 3.79. The minimum Gasteiger partial charge on any atom is -0.469 e. The van der Waals surface area contributed by atoms with E-state index in [1.54, 1.807) is 13.2 Å². The van der Waals surface area contributed by atoms with E-state index < -0.39 is 0 Å². The van der Waals surface area contributed by atoms with Gasteiger partial charge >= 0.3 is 0 Å². The zero-order valence-electron chi connectivity index (χ0n) is 9.19. The molecule has 0 fully saturated rings. The molecule has 0 saturated carbocycles. The average molecular weight is 210 g/mol. The lowest BCUT2D eigenvalue weighted by Gasteiger charge is -2.16. The summed E-state index contributed by atoms with van der Waals surface area (Å²) in [4.78, 5) is 10.8. The van der Waals surface area contributed by atoms with Crippen molar-refractivity contribution in [2.75, 3.05) is 0 Å². The number of primary amides is 1. The number of carbonyl (C=O) groups excluding carboxylic acids is 1. The van der Waals surface area contributed by atoms with Crippen molar-refractivity contribution in [3.8, 4) is 0 Å². The first-order chi connectivity index (χ1) is 7.09. The van der Waals surface area contributed by atoms with Gasteiger partial charge in [-0.15, -0.1) is 0 Å². The van der Waals surface area contributed by atoms with Crippen LogP contribution in [0.1, 0.15) is 26.0 Å². The van der Waals surface area contributed by atoms with Gasteiger partial charge in [0.2, 0.25) is 5.91 Å². The van der Waals surface area contributed by atoms with Crippen molar-refractivity contribution >= 4 is 5.91 Å². The van der Waals surface area contributed by atoms with Gasteiger partial charge in [-0.25, -0.2) is 0 Å². The molecule has 0 aliphatic carbocycles. The Labute approximate surface area is 89.8 Å². The number of carbonyl (C=O) groups is 1. The maximum absolute atomic E-state index is 10.8. The predicted molar refractivity (Wildman–Crippen MR) is 58.3 cm³/mol. The van der Waals surface area contributed by atoms with Crippen molar-refractivity contribution in [1.82, 2.24) is 5.32 Å². The molecule has 2 atom stereocenters. The molecule has 0 spiro atoms.